The largest absolute Gasteiger partial charge is 0.245 e. The van der Waals surface area contributed by atoms with Crippen LogP contribution in [0.4, 0.5) is 0 Å². The van der Waals surface area contributed by atoms with Gasteiger partial charge in [0.25, 0.3) is 0 Å². The topological polar surface area (TPSA) is 87.7 Å². The van der Waals surface area contributed by atoms with Crippen LogP contribution in [0.2, 0.25) is 0 Å². The Labute approximate surface area is 186 Å². The Bertz CT molecular complexity index is 1350. The molecule has 0 saturated carbocycles. The number of aromatic nitrogens is 1. The highest BCUT2D eigenvalue weighted by Crippen LogP contribution is 2.50. The van der Waals surface area contributed by atoms with Crippen molar-refractivity contribution < 1.29 is 16.8 Å². The predicted octanol–water partition coefficient (Wildman–Crippen LogP) is 2.95. The van der Waals surface area contributed by atoms with E-state index < -0.39 is 25.6 Å². The first-order valence-electron chi connectivity index (χ1n) is 9.84. The number of fused-ring (bicyclic) bond motifs is 2. The third-order valence-corrected chi connectivity index (χ3v) is 10.7. The van der Waals surface area contributed by atoms with Crippen LogP contribution in [0.25, 0.3) is 0 Å². The number of thiazole rings is 1. The zero-order valence-corrected chi connectivity index (χ0v) is 19.3. The number of hydrogen-bond acceptors (Lipinski definition) is 6. The van der Waals surface area contributed by atoms with E-state index in [2.05, 4.69) is 4.98 Å². The summed E-state index contributed by atoms with van der Waals surface area (Å²) in [6.45, 7) is 2.30. The molecule has 0 bridgehead atoms. The first kappa shape index (κ1) is 20.8. The molecule has 162 valence electrons. The van der Waals surface area contributed by atoms with Gasteiger partial charge in [-0.1, -0.05) is 36.4 Å². The van der Waals surface area contributed by atoms with Crippen LogP contribution < -0.4 is 0 Å². The fourth-order valence-corrected chi connectivity index (χ4v) is 8.70. The number of aryl methyl sites for hydroxylation is 1. The van der Waals surface area contributed by atoms with Crippen LogP contribution in [0.15, 0.2) is 69.8 Å². The zero-order valence-electron chi connectivity index (χ0n) is 16.8. The summed E-state index contributed by atoms with van der Waals surface area (Å²) in [6, 6.07) is 15.2. The molecule has 1 spiro atoms. The molecule has 7 nitrogen and oxygen atoms in total. The molecule has 1 atom stereocenters. The van der Waals surface area contributed by atoms with Gasteiger partial charge in [0.05, 0.1) is 32.6 Å². The Balaban J connectivity index is 1.60. The van der Waals surface area contributed by atoms with E-state index in [-0.39, 0.29) is 29.4 Å². The lowest BCUT2D eigenvalue weighted by atomic mass is 9.89. The van der Waals surface area contributed by atoms with Crippen molar-refractivity contribution in [2.75, 3.05) is 13.1 Å². The van der Waals surface area contributed by atoms with Gasteiger partial charge in [0.15, 0.2) is 0 Å². The van der Waals surface area contributed by atoms with Gasteiger partial charge in [-0.25, -0.2) is 21.8 Å². The SMILES string of the molecule is Cc1nc(CN2C3(CCN(S(=O)(=O)c4ccccc4)C3)c3ccccc3S2(=O)=O)cs1. The molecule has 31 heavy (non-hydrogen) atoms. The Kier molecular flexibility index (Phi) is 4.83. The van der Waals surface area contributed by atoms with Crippen molar-refractivity contribution in [2.45, 2.75) is 35.2 Å². The number of hydrogen-bond donors (Lipinski definition) is 0. The van der Waals surface area contributed by atoms with E-state index >= 15 is 0 Å². The average Bonchev–Trinajstić information content (AvgIpc) is 3.43. The highest BCUT2D eigenvalue weighted by molar-refractivity contribution is 7.89. The van der Waals surface area contributed by atoms with Crippen LogP contribution in [0.5, 0.6) is 0 Å². The van der Waals surface area contributed by atoms with Crippen LogP contribution in [-0.4, -0.2) is 43.5 Å². The van der Waals surface area contributed by atoms with Gasteiger partial charge in [0.2, 0.25) is 20.0 Å². The average molecular weight is 476 g/mol. The molecular weight excluding hydrogens is 454 g/mol. The molecule has 0 aliphatic carbocycles. The lowest BCUT2D eigenvalue weighted by Crippen LogP contribution is -2.46. The van der Waals surface area contributed by atoms with Crippen molar-refractivity contribution >= 4 is 31.4 Å². The van der Waals surface area contributed by atoms with E-state index in [0.29, 0.717) is 17.7 Å². The maximum atomic E-state index is 13.5. The van der Waals surface area contributed by atoms with Crippen molar-refractivity contribution in [3.05, 3.63) is 76.2 Å². The van der Waals surface area contributed by atoms with Crippen molar-refractivity contribution in [3.63, 3.8) is 0 Å². The minimum absolute atomic E-state index is 0.0730. The summed E-state index contributed by atoms with van der Waals surface area (Å²) in [4.78, 5) is 4.91. The van der Waals surface area contributed by atoms with Crippen LogP contribution in [0, 0.1) is 6.92 Å². The van der Waals surface area contributed by atoms with Gasteiger partial charge >= 0.3 is 0 Å². The molecule has 5 rings (SSSR count). The number of sulfonamides is 2. The van der Waals surface area contributed by atoms with Gasteiger partial charge < -0.3 is 0 Å². The maximum Gasteiger partial charge on any atom is 0.244 e. The van der Waals surface area contributed by atoms with Gasteiger partial charge in [0, 0.05) is 18.5 Å². The molecule has 3 aromatic rings. The van der Waals surface area contributed by atoms with Crippen LogP contribution in [0.1, 0.15) is 22.7 Å². The zero-order chi connectivity index (χ0) is 21.9. The smallest absolute Gasteiger partial charge is 0.244 e. The molecule has 2 aliphatic heterocycles. The minimum Gasteiger partial charge on any atom is -0.245 e. The van der Waals surface area contributed by atoms with E-state index in [1.165, 1.54) is 19.9 Å². The number of benzene rings is 2. The third kappa shape index (κ3) is 3.16. The second-order valence-corrected chi connectivity index (χ2v) is 12.6. The lowest BCUT2D eigenvalue weighted by Gasteiger charge is -2.33. The molecule has 3 heterocycles. The molecule has 0 amide bonds. The molecular formula is C21H21N3O4S3. The minimum atomic E-state index is -3.78. The summed E-state index contributed by atoms with van der Waals surface area (Å²) in [6.07, 6.45) is 0.387. The fraction of sp³-hybridized carbons (Fsp3) is 0.286. The second kappa shape index (κ2) is 7.21. The lowest BCUT2D eigenvalue weighted by molar-refractivity contribution is 0.202. The van der Waals surface area contributed by atoms with Crippen molar-refractivity contribution in [3.8, 4) is 0 Å². The summed E-state index contributed by atoms with van der Waals surface area (Å²) in [5, 5.41) is 2.72. The van der Waals surface area contributed by atoms with Gasteiger partial charge in [-0.15, -0.1) is 11.3 Å². The van der Waals surface area contributed by atoms with Crippen molar-refractivity contribution in [1.29, 1.82) is 0 Å². The Morgan fingerprint density at radius 2 is 1.81 bits per heavy atom. The Hall–Kier alpha value is -2.11. The molecule has 2 aromatic carbocycles. The molecule has 0 N–H and O–H groups in total. The fourth-order valence-electron chi connectivity index (χ4n) is 4.55. The van der Waals surface area contributed by atoms with Gasteiger partial charge in [-0.05, 0) is 37.1 Å². The van der Waals surface area contributed by atoms with Crippen molar-refractivity contribution in [1.82, 2.24) is 13.6 Å². The molecule has 1 aromatic heterocycles. The van der Waals surface area contributed by atoms with Gasteiger partial charge in [-0.3, -0.25) is 0 Å². The van der Waals surface area contributed by atoms with Crippen LogP contribution in [0.3, 0.4) is 0 Å². The summed E-state index contributed by atoms with van der Waals surface area (Å²) in [5.74, 6) is 0. The Morgan fingerprint density at radius 3 is 2.52 bits per heavy atom. The van der Waals surface area contributed by atoms with Gasteiger partial charge in [-0.2, -0.15) is 8.61 Å². The van der Waals surface area contributed by atoms with E-state index in [0.717, 1.165) is 5.01 Å². The number of nitrogens with zero attached hydrogens (tertiary/aromatic N) is 3. The number of rotatable bonds is 4. The molecule has 1 fully saturated rings. The molecule has 10 heteroatoms. The van der Waals surface area contributed by atoms with Crippen LogP contribution in [-0.2, 0) is 32.1 Å². The van der Waals surface area contributed by atoms with Crippen molar-refractivity contribution in [2.24, 2.45) is 0 Å². The molecule has 0 radical (unpaired) electrons. The summed E-state index contributed by atoms with van der Waals surface area (Å²) < 4.78 is 56.4. The maximum absolute atomic E-state index is 13.5. The van der Waals surface area contributed by atoms with Crippen LogP contribution >= 0.6 is 11.3 Å². The summed E-state index contributed by atoms with van der Waals surface area (Å²) >= 11 is 1.47. The first-order chi connectivity index (χ1) is 14.7. The van der Waals surface area contributed by atoms with E-state index in [1.54, 1.807) is 54.6 Å². The monoisotopic (exact) mass is 475 g/mol. The normalized spacial score (nSPS) is 23.4. The second-order valence-electron chi connectivity index (χ2n) is 7.80. The Morgan fingerprint density at radius 1 is 1.10 bits per heavy atom. The molecule has 1 unspecified atom stereocenters. The predicted molar refractivity (Wildman–Crippen MR) is 118 cm³/mol. The standard InChI is InChI=1S/C21H21N3O4S3/c1-16-22-17(14-29-16)13-24-21(19-9-5-6-10-20(19)31(24,27)28)11-12-23(15-21)30(25,26)18-7-3-2-4-8-18/h2-10,14H,11-13,15H2,1H3. The van der Waals surface area contributed by atoms with E-state index in [4.69, 9.17) is 0 Å². The summed E-state index contributed by atoms with van der Waals surface area (Å²) in [7, 11) is -7.52. The molecule has 1 saturated heterocycles. The first-order valence-corrected chi connectivity index (χ1v) is 13.6. The van der Waals surface area contributed by atoms with E-state index in [9.17, 15) is 16.8 Å². The molecule has 2 aliphatic rings. The third-order valence-electron chi connectivity index (χ3n) is 6.00. The van der Waals surface area contributed by atoms with E-state index in [1.807, 2.05) is 12.3 Å². The highest BCUT2D eigenvalue weighted by Gasteiger charge is 2.58. The summed E-state index contributed by atoms with van der Waals surface area (Å²) in [5.41, 5.74) is 0.379. The quantitative estimate of drug-likeness (QED) is 0.579. The van der Waals surface area contributed by atoms with Gasteiger partial charge in [0.1, 0.15) is 0 Å². The highest BCUT2D eigenvalue weighted by atomic mass is 32.2.